The molecule has 0 radical (unpaired) electrons. The number of fused-ring (bicyclic) bond motifs is 4. The molecule has 5 saturated carbocycles. The summed E-state index contributed by atoms with van der Waals surface area (Å²) in [4.78, 5) is 0. The van der Waals surface area contributed by atoms with Crippen LogP contribution in [0.5, 0.6) is 0 Å². The summed E-state index contributed by atoms with van der Waals surface area (Å²) in [5.74, 6) is 6.17. The zero-order valence-corrected chi connectivity index (χ0v) is 19.3. The van der Waals surface area contributed by atoms with Crippen LogP contribution in [0.1, 0.15) is 105 Å². The van der Waals surface area contributed by atoms with Crippen molar-refractivity contribution in [1.82, 2.24) is 0 Å². The molecule has 0 aromatic heterocycles. The third kappa shape index (κ3) is 2.47. The van der Waals surface area contributed by atoms with Gasteiger partial charge in [-0.05, 0) is 104 Å². The van der Waals surface area contributed by atoms with Gasteiger partial charge in [0, 0.05) is 5.41 Å². The Morgan fingerprint density at radius 2 is 1.71 bits per heavy atom. The van der Waals surface area contributed by atoms with Crippen LogP contribution in [-0.4, -0.2) is 11.2 Å². The highest BCUT2D eigenvalue weighted by Crippen LogP contribution is 2.81. The first-order chi connectivity index (χ1) is 13.2. The van der Waals surface area contributed by atoms with Gasteiger partial charge in [0.15, 0.2) is 0 Å². The topological polar surface area (TPSA) is 20.2 Å². The van der Waals surface area contributed by atoms with Crippen molar-refractivity contribution in [2.75, 3.05) is 0 Å². The van der Waals surface area contributed by atoms with Crippen molar-refractivity contribution in [3.8, 4) is 0 Å². The lowest BCUT2D eigenvalue weighted by atomic mass is 9.45. The van der Waals surface area contributed by atoms with Gasteiger partial charge in [-0.15, -0.1) is 0 Å². The fourth-order valence-corrected chi connectivity index (χ4v) is 10.3. The second kappa shape index (κ2) is 6.48. The molecule has 0 aliphatic heterocycles. The van der Waals surface area contributed by atoms with Crippen molar-refractivity contribution >= 4 is 0 Å². The van der Waals surface area contributed by atoms with Gasteiger partial charge in [-0.3, -0.25) is 0 Å². The predicted molar refractivity (Wildman–Crippen MR) is 117 cm³/mol. The Bertz CT molecular complexity index is 611. The van der Waals surface area contributed by atoms with Crippen LogP contribution in [-0.2, 0) is 0 Å². The van der Waals surface area contributed by atoms with E-state index >= 15 is 0 Å². The Kier molecular flexibility index (Phi) is 4.60. The minimum absolute atomic E-state index is 0.0103. The number of aliphatic hydroxyl groups is 1. The van der Waals surface area contributed by atoms with Gasteiger partial charge in [-0.2, -0.15) is 0 Å². The first-order valence-corrected chi connectivity index (χ1v) is 12.9. The summed E-state index contributed by atoms with van der Waals surface area (Å²) in [5.41, 5.74) is 1.37. The van der Waals surface area contributed by atoms with E-state index in [9.17, 15) is 5.11 Å². The van der Waals surface area contributed by atoms with E-state index in [-0.39, 0.29) is 6.10 Å². The highest BCUT2D eigenvalue weighted by molar-refractivity contribution is 5.25. The summed E-state index contributed by atoms with van der Waals surface area (Å²) in [6.07, 6.45) is 15.4. The zero-order chi connectivity index (χ0) is 19.9. The molecule has 5 rings (SSSR count). The van der Waals surface area contributed by atoms with E-state index in [1.165, 1.54) is 64.2 Å². The van der Waals surface area contributed by atoms with E-state index in [4.69, 9.17) is 0 Å². The molecule has 5 aliphatic carbocycles. The molecule has 0 aromatic rings. The Morgan fingerprint density at radius 1 is 0.929 bits per heavy atom. The van der Waals surface area contributed by atoms with Crippen molar-refractivity contribution in [3.05, 3.63) is 0 Å². The highest BCUT2D eigenvalue weighted by Gasteiger charge is 2.77. The molecule has 0 saturated heterocycles. The van der Waals surface area contributed by atoms with Crippen molar-refractivity contribution in [1.29, 1.82) is 0 Å². The lowest BCUT2D eigenvalue weighted by molar-refractivity contribution is -0.152. The minimum Gasteiger partial charge on any atom is -0.393 e. The van der Waals surface area contributed by atoms with Gasteiger partial charge in [-0.1, -0.05) is 53.9 Å². The molecular formula is C27H46O. The van der Waals surface area contributed by atoms with Gasteiger partial charge in [0.1, 0.15) is 0 Å². The second-order valence-electron chi connectivity index (χ2n) is 13.1. The fraction of sp³-hybridized carbons (Fsp3) is 1.00. The molecule has 1 spiro atoms. The average Bonchev–Trinajstić information content (AvgIpc) is 3.15. The smallest absolute Gasteiger partial charge is 0.0607 e. The summed E-state index contributed by atoms with van der Waals surface area (Å²) in [6, 6.07) is 0. The quantitative estimate of drug-likeness (QED) is 0.535. The third-order valence-corrected chi connectivity index (χ3v) is 11.8. The Hall–Kier alpha value is -0.0400. The van der Waals surface area contributed by atoms with Crippen LogP contribution in [0.15, 0.2) is 0 Å². The maximum absolute atomic E-state index is 11.3. The maximum Gasteiger partial charge on any atom is 0.0607 e. The molecule has 9 unspecified atom stereocenters. The molecule has 5 fully saturated rings. The molecule has 160 valence electrons. The molecule has 0 aromatic carbocycles. The molecule has 0 heterocycles. The molecule has 28 heavy (non-hydrogen) atoms. The first-order valence-electron chi connectivity index (χ1n) is 12.9. The second-order valence-corrected chi connectivity index (χ2v) is 13.1. The summed E-state index contributed by atoms with van der Waals surface area (Å²) in [6.45, 7) is 12.6. The van der Waals surface area contributed by atoms with E-state index in [1.807, 2.05) is 0 Å². The maximum atomic E-state index is 11.3. The van der Waals surface area contributed by atoms with Crippen LogP contribution in [0.25, 0.3) is 0 Å². The minimum atomic E-state index is 0.0103. The number of hydrogen-bond acceptors (Lipinski definition) is 1. The van der Waals surface area contributed by atoms with E-state index in [0.29, 0.717) is 16.2 Å². The van der Waals surface area contributed by atoms with Gasteiger partial charge in [0.25, 0.3) is 0 Å². The molecule has 0 amide bonds. The molecule has 5 aliphatic rings. The van der Waals surface area contributed by atoms with E-state index in [1.54, 1.807) is 0 Å². The van der Waals surface area contributed by atoms with Crippen molar-refractivity contribution in [2.45, 2.75) is 111 Å². The standard InChI is InChI=1S/C27H46O/c1-17(2)7-6-8-18(3)21-9-10-22-20-15-24(28)27-16-19(27)11-14-26(27,5)23(20)12-13-25(21,22)4/h17-24,28H,6-16H2,1-5H3/t18?,19-,20?,21?,22?,23?,24?,25?,26?,27?/m1/s1. The monoisotopic (exact) mass is 386 g/mol. The van der Waals surface area contributed by atoms with Crippen LogP contribution in [0.2, 0.25) is 0 Å². The van der Waals surface area contributed by atoms with Crippen LogP contribution in [0.3, 0.4) is 0 Å². The van der Waals surface area contributed by atoms with Crippen molar-refractivity contribution in [3.63, 3.8) is 0 Å². The Labute approximate surface area is 174 Å². The van der Waals surface area contributed by atoms with E-state index in [2.05, 4.69) is 34.6 Å². The average molecular weight is 387 g/mol. The van der Waals surface area contributed by atoms with Crippen LogP contribution in [0, 0.1) is 57.7 Å². The summed E-state index contributed by atoms with van der Waals surface area (Å²) >= 11 is 0. The van der Waals surface area contributed by atoms with Crippen LogP contribution >= 0.6 is 0 Å². The van der Waals surface area contributed by atoms with Crippen molar-refractivity contribution in [2.24, 2.45) is 57.7 Å². The number of hydrogen-bond donors (Lipinski definition) is 1. The van der Waals surface area contributed by atoms with E-state index < -0.39 is 0 Å². The first kappa shape index (κ1) is 19.9. The van der Waals surface area contributed by atoms with E-state index in [0.717, 1.165) is 47.8 Å². The zero-order valence-electron chi connectivity index (χ0n) is 19.3. The predicted octanol–water partition coefficient (Wildman–Crippen LogP) is 7.08. The molecule has 1 N–H and O–H groups in total. The molecular weight excluding hydrogens is 340 g/mol. The normalized spacial score (nSPS) is 55.4. The van der Waals surface area contributed by atoms with Gasteiger partial charge in [-0.25, -0.2) is 0 Å². The molecule has 0 bridgehead atoms. The fourth-order valence-electron chi connectivity index (χ4n) is 10.3. The van der Waals surface area contributed by atoms with Gasteiger partial charge >= 0.3 is 0 Å². The van der Waals surface area contributed by atoms with Gasteiger partial charge in [0.05, 0.1) is 6.10 Å². The SMILES string of the molecule is CC(C)CCCC(C)C1CCC2C3CC(O)C45C[C@H]4CCC5(C)C3CCC12C. The molecule has 1 nitrogen and oxygen atoms in total. The number of aliphatic hydroxyl groups excluding tert-OH is 1. The molecule has 10 atom stereocenters. The third-order valence-electron chi connectivity index (χ3n) is 11.8. The summed E-state index contributed by atoms with van der Waals surface area (Å²) < 4.78 is 0. The van der Waals surface area contributed by atoms with Crippen molar-refractivity contribution < 1.29 is 5.11 Å². The Morgan fingerprint density at radius 3 is 2.43 bits per heavy atom. The summed E-state index contributed by atoms with van der Waals surface area (Å²) in [5, 5.41) is 11.3. The Balaban J connectivity index is 1.34. The largest absolute Gasteiger partial charge is 0.393 e. The van der Waals surface area contributed by atoms with Crippen LogP contribution in [0.4, 0.5) is 0 Å². The molecule has 1 heteroatoms. The lowest BCUT2D eigenvalue weighted by Gasteiger charge is -2.60. The highest BCUT2D eigenvalue weighted by atomic mass is 16.3. The van der Waals surface area contributed by atoms with Gasteiger partial charge < -0.3 is 5.11 Å². The number of rotatable bonds is 5. The van der Waals surface area contributed by atoms with Crippen LogP contribution < -0.4 is 0 Å². The summed E-state index contributed by atoms with van der Waals surface area (Å²) in [7, 11) is 0. The lowest BCUT2D eigenvalue weighted by Crippen LogP contribution is -2.56. The van der Waals surface area contributed by atoms with Gasteiger partial charge in [0.2, 0.25) is 0 Å².